The number of nitrogens with one attached hydrogen (secondary N) is 4. The minimum atomic E-state index is -4.29. The number of fused-ring (bicyclic) bond motifs is 12. The van der Waals surface area contributed by atoms with Crippen LogP contribution >= 0.6 is 0 Å². The van der Waals surface area contributed by atoms with Gasteiger partial charge in [-0.3, -0.25) is 19.6 Å². The molecule has 4 aliphatic heterocycles. The number of nitriles is 1. The number of nitrogens with two attached hydrogens (primary N) is 1. The van der Waals surface area contributed by atoms with Gasteiger partial charge in [0, 0.05) is 70.6 Å². The van der Waals surface area contributed by atoms with Crippen LogP contribution in [0.5, 0.6) is 0 Å². The molecule has 0 unspecified atom stereocenters. The fourth-order valence-electron chi connectivity index (χ4n) is 12.0. The fraction of sp³-hybridized carbons (Fsp3) is 0.484. The van der Waals surface area contributed by atoms with Crippen molar-refractivity contribution in [3.63, 3.8) is 0 Å². The van der Waals surface area contributed by atoms with Crippen molar-refractivity contribution in [3.05, 3.63) is 142 Å². The summed E-state index contributed by atoms with van der Waals surface area (Å²) >= 11 is 0. The molecule has 4 atom stereocenters. The van der Waals surface area contributed by atoms with Gasteiger partial charge in [0.25, 0.3) is 31.9 Å². The van der Waals surface area contributed by atoms with Crippen LogP contribution in [0.25, 0.3) is 0 Å². The van der Waals surface area contributed by atoms with E-state index in [1.807, 2.05) is 42.5 Å². The van der Waals surface area contributed by atoms with Crippen LogP contribution in [0.2, 0.25) is 0 Å². The Kier molecular flexibility index (Phi) is 18.3. The summed E-state index contributed by atoms with van der Waals surface area (Å²) in [4.78, 5) is 60.1. The van der Waals surface area contributed by atoms with E-state index in [0.717, 1.165) is 85.5 Å². The number of sulfonamides is 2. The summed E-state index contributed by atoms with van der Waals surface area (Å²) in [6.07, 6.45) is 7.59. The number of carbonyl (C=O) groups excluding carboxylic acids is 2. The molecule has 0 radical (unpaired) electrons. The van der Waals surface area contributed by atoms with Crippen LogP contribution in [-0.2, 0) is 43.7 Å². The molecular formula is C64H82N14O6S2. The topological polar surface area (TPSA) is 284 Å². The summed E-state index contributed by atoms with van der Waals surface area (Å²) in [5, 5.41) is 15.4. The predicted octanol–water partition coefficient (Wildman–Crippen LogP) is 10.0. The van der Waals surface area contributed by atoms with Crippen molar-refractivity contribution in [1.29, 1.82) is 5.26 Å². The highest BCUT2D eigenvalue weighted by Gasteiger charge is 2.44. The largest absolute Gasteiger partial charge is 0.362 e. The molecule has 2 fully saturated rings. The fourth-order valence-corrected chi connectivity index (χ4v) is 13.9. The van der Waals surface area contributed by atoms with E-state index in [9.17, 15) is 26.4 Å². The third-order valence-corrected chi connectivity index (χ3v) is 19.0. The molecule has 2 saturated heterocycles. The summed E-state index contributed by atoms with van der Waals surface area (Å²) in [5.74, 6) is 0.912. The molecule has 10 rings (SSSR count). The first-order valence-electron chi connectivity index (χ1n) is 29.7. The van der Waals surface area contributed by atoms with Crippen molar-refractivity contribution in [2.24, 2.45) is 17.6 Å². The lowest BCUT2D eigenvalue weighted by Gasteiger charge is -2.34. The second-order valence-corrected chi connectivity index (χ2v) is 29.7. The first-order valence-corrected chi connectivity index (χ1v) is 32.7. The summed E-state index contributed by atoms with van der Waals surface area (Å²) < 4.78 is 58.3. The minimum Gasteiger partial charge on any atom is -0.362 e. The second-order valence-electron chi connectivity index (χ2n) is 26.4. The van der Waals surface area contributed by atoms with Gasteiger partial charge in [-0.05, 0) is 170 Å². The summed E-state index contributed by atoms with van der Waals surface area (Å²) in [5.41, 5.74) is 10.2. The number of rotatable bonds is 7. The molecule has 6 aromatic heterocycles. The molecule has 10 heterocycles. The molecule has 0 aromatic carbocycles. The zero-order valence-electron chi connectivity index (χ0n) is 51.1. The van der Waals surface area contributed by atoms with Gasteiger partial charge < -0.3 is 26.2 Å². The van der Waals surface area contributed by atoms with Gasteiger partial charge in [0.1, 0.15) is 23.3 Å². The Morgan fingerprint density at radius 1 is 0.570 bits per heavy atom. The Hall–Kier alpha value is -7.61. The molecule has 0 spiro atoms. The van der Waals surface area contributed by atoms with Crippen LogP contribution in [0.3, 0.4) is 0 Å². The lowest BCUT2D eigenvalue weighted by Crippen LogP contribution is -2.41. The molecule has 22 heteroatoms. The summed E-state index contributed by atoms with van der Waals surface area (Å²) in [6, 6.07) is 29.9. The normalized spacial score (nSPS) is 21.5. The second kappa shape index (κ2) is 25.0. The quantitative estimate of drug-likeness (QED) is 0.0993. The summed E-state index contributed by atoms with van der Waals surface area (Å²) in [6.45, 7) is 23.0. The Bertz CT molecular complexity index is 3760. The molecule has 0 saturated carbocycles. The first-order chi connectivity index (χ1) is 40.5. The molecule has 456 valence electrons. The number of amides is 2. The van der Waals surface area contributed by atoms with Gasteiger partial charge in [0.05, 0.1) is 40.7 Å². The van der Waals surface area contributed by atoms with Crippen LogP contribution in [-0.4, -0.2) is 89.3 Å². The molecule has 4 aliphatic rings. The zero-order chi connectivity index (χ0) is 62.0. The molecular weight excluding hydrogens is 1120 g/mol. The van der Waals surface area contributed by atoms with Gasteiger partial charge in [-0.25, -0.2) is 29.4 Å². The van der Waals surface area contributed by atoms with Gasteiger partial charge in [-0.15, -0.1) is 0 Å². The lowest BCUT2D eigenvalue weighted by molar-refractivity contribution is 0.0972. The van der Waals surface area contributed by atoms with Crippen LogP contribution in [0.1, 0.15) is 188 Å². The highest BCUT2D eigenvalue weighted by atomic mass is 32.2. The van der Waals surface area contributed by atoms with Crippen LogP contribution in [0, 0.1) is 23.2 Å². The number of pyridine rings is 6. The maximum atomic E-state index is 13.6. The van der Waals surface area contributed by atoms with Gasteiger partial charge in [-0.2, -0.15) is 22.1 Å². The van der Waals surface area contributed by atoms with Crippen molar-refractivity contribution in [2.75, 3.05) is 40.1 Å². The van der Waals surface area contributed by atoms with Crippen LogP contribution < -0.4 is 35.6 Å². The van der Waals surface area contributed by atoms with Crippen molar-refractivity contribution in [2.45, 2.75) is 177 Å². The third-order valence-electron chi connectivity index (χ3n) is 16.5. The number of anilines is 4. The SMILES string of the molecule is CC(C)(C)c1ccc2c(n1)N1C[C@@H](CC[C@H](c3cccc(CCC#N)n3)Nc3cccc(n3)S(=O)(=O)NC2=O)CC1(C)C.CC(C)(C)c1ccc2c(n1)N1C[C@@H](CC[C@H](c3cccc(CCCN)n3)Nc3cccc(n3)S(=O)(=O)NC2=O)CC1(C)C. The average Bonchev–Trinajstić information content (AvgIpc) is 1.63. The third kappa shape index (κ3) is 14.6. The molecule has 8 bridgehead atoms. The Balaban J connectivity index is 0.000000205. The number of aryl methyl sites for hydroxylation is 2. The number of carbonyl (C=O) groups is 2. The van der Waals surface area contributed by atoms with E-state index in [1.54, 1.807) is 42.5 Å². The van der Waals surface area contributed by atoms with E-state index in [4.69, 9.17) is 30.9 Å². The van der Waals surface area contributed by atoms with Crippen molar-refractivity contribution >= 4 is 55.1 Å². The van der Waals surface area contributed by atoms with E-state index in [-0.39, 0.29) is 55.2 Å². The van der Waals surface area contributed by atoms with Gasteiger partial charge >= 0.3 is 0 Å². The lowest BCUT2D eigenvalue weighted by atomic mass is 9.90. The number of hydrogen-bond donors (Lipinski definition) is 5. The van der Waals surface area contributed by atoms with Crippen molar-refractivity contribution in [1.82, 2.24) is 39.3 Å². The van der Waals surface area contributed by atoms with Gasteiger partial charge in [0.15, 0.2) is 10.1 Å². The average molecular weight is 1210 g/mol. The van der Waals surface area contributed by atoms with E-state index < -0.39 is 31.9 Å². The van der Waals surface area contributed by atoms with Gasteiger partial charge in [-0.1, -0.05) is 65.8 Å². The molecule has 2 amide bonds. The van der Waals surface area contributed by atoms with Crippen molar-refractivity contribution in [3.8, 4) is 6.07 Å². The summed E-state index contributed by atoms with van der Waals surface area (Å²) in [7, 11) is -8.57. The van der Waals surface area contributed by atoms with E-state index in [2.05, 4.69) is 115 Å². The molecule has 6 aromatic rings. The van der Waals surface area contributed by atoms with E-state index >= 15 is 0 Å². The van der Waals surface area contributed by atoms with Crippen LogP contribution in [0.4, 0.5) is 23.3 Å². The number of aromatic nitrogens is 6. The highest BCUT2D eigenvalue weighted by Crippen LogP contribution is 2.43. The highest BCUT2D eigenvalue weighted by molar-refractivity contribution is 7.90. The standard InChI is InChI=1S/C32H43N7O3S.C32H39N7O3S/c2*1-31(2,3)26-17-15-23-29(36-26)39-20-21(19-32(39,4)5)14-16-25(24-11-6-9-22(34-24)10-8-18-33)35-27-12-7-13-28(37-27)43(41,42)38-30(23)40/h6-7,9,11-13,15,17,21,25H,8,10,14,16,18-20,33H2,1-5H3,(H,35,37)(H,38,40);6-7,9,11-13,15,17,21,25H,8,10,14,16,19-20H2,1-5H3,(H,35,37)(H,38,40)/t2*21-,25+/m00/s1. The monoisotopic (exact) mass is 1210 g/mol. The smallest absolute Gasteiger partial charge is 0.281 e. The maximum absolute atomic E-state index is 13.6. The number of hydrogen-bond acceptors (Lipinski definition) is 18. The Morgan fingerprint density at radius 2 is 0.988 bits per heavy atom. The molecule has 20 nitrogen and oxygen atoms in total. The Labute approximate surface area is 507 Å². The first kappa shape index (κ1) is 62.9. The molecule has 86 heavy (non-hydrogen) atoms. The van der Waals surface area contributed by atoms with Crippen LogP contribution in [0.15, 0.2) is 107 Å². The zero-order valence-corrected chi connectivity index (χ0v) is 52.7. The molecule has 6 N–H and O–H groups in total. The van der Waals surface area contributed by atoms with Gasteiger partial charge in [0.2, 0.25) is 0 Å². The number of nitrogens with zero attached hydrogens (tertiary/aromatic N) is 9. The van der Waals surface area contributed by atoms with Crippen molar-refractivity contribution < 1.29 is 26.4 Å². The molecule has 0 aliphatic carbocycles. The maximum Gasteiger partial charge on any atom is 0.281 e. The predicted molar refractivity (Wildman–Crippen MR) is 334 cm³/mol. The van der Waals surface area contributed by atoms with E-state index in [0.29, 0.717) is 67.6 Å². The minimum absolute atomic E-state index is 0.196. The van der Waals surface area contributed by atoms with E-state index in [1.165, 1.54) is 12.1 Å². The Morgan fingerprint density at radius 3 is 1.40 bits per heavy atom.